The third kappa shape index (κ3) is 4.59. The Morgan fingerprint density at radius 3 is 2.74 bits per heavy atom. The zero-order valence-electron chi connectivity index (χ0n) is 17.5. The first-order chi connectivity index (χ1) is 15.0. The summed E-state index contributed by atoms with van der Waals surface area (Å²) in [5, 5.41) is 3.79. The molecule has 2 heterocycles. The van der Waals surface area contributed by atoms with Gasteiger partial charge in [-0.15, -0.1) is 11.8 Å². The largest absolute Gasteiger partial charge is 0.495 e. The summed E-state index contributed by atoms with van der Waals surface area (Å²) in [7, 11) is 1.57. The molecular weight excluding hydrogens is 434 g/mol. The van der Waals surface area contributed by atoms with Crippen LogP contribution >= 0.6 is 23.4 Å². The van der Waals surface area contributed by atoms with Crippen molar-refractivity contribution in [2.45, 2.75) is 24.4 Å². The van der Waals surface area contributed by atoms with Crippen molar-refractivity contribution in [2.24, 2.45) is 0 Å². The number of fused-ring (bicyclic) bond motifs is 2. The Labute approximate surface area is 189 Å². The number of ether oxygens (including phenoxy) is 1. The van der Waals surface area contributed by atoms with Gasteiger partial charge in [-0.2, -0.15) is 0 Å². The van der Waals surface area contributed by atoms with Gasteiger partial charge in [0.2, 0.25) is 5.91 Å². The molecule has 162 valence electrons. The molecule has 0 saturated heterocycles. The Balaban J connectivity index is 1.46. The quantitative estimate of drug-likeness (QED) is 0.553. The summed E-state index contributed by atoms with van der Waals surface area (Å²) in [6.45, 7) is 1.82. The number of thioether (sulfide) groups is 1. The van der Waals surface area contributed by atoms with Crippen LogP contribution in [0.4, 0.5) is 0 Å². The van der Waals surface area contributed by atoms with Gasteiger partial charge < -0.3 is 15.0 Å². The highest BCUT2D eigenvalue weighted by Crippen LogP contribution is 2.30. The third-order valence-corrected chi connectivity index (χ3v) is 6.61. The number of nitrogens with one attached hydrogen (secondary N) is 2. The molecule has 31 heavy (non-hydrogen) atoms. The van der Waals surface area contributed by atoms with Gasteiger partial charge in [0.1, 0.15) is 5.75 Å². The van der Waals surface area contributed by atoms with Crippen LogP contribution in [0.15, 0.2) is 46.1 Å². The summed E-state index contributed by atoms with van der Waals surface area (Å²) < 4.78 is 5.39. The Bertz CT molecular complexity index is 1180. The maximum atomic E-state index is 13.2. The van der Waals surface area contributed by atoms with E-state index >= 15 is 0 Å². The van der Waals surface area contributed by atoms with E-state index in [9.17, 15) is 9.59 Å². The average Bonchev–Trinajstić information content (AvgIpc) is 2.78. The van der Waals surface area contributed by atoms with Crippen molar-refractivity contribution >= 4 is 40.2 Å². The molecule has 0 unspecified atom stereocenters. The number of benzene rings is 2. The molecular formula is C23H24ClN3O3S. The molecule has 0 radical (unpaired) electrons. The molecule has 0 saturated carbocycles. The summed E-state index contributed by atoms with van der Waals surface area (Å²) in [6, 6.07) is 11.6. The van der Waals surface area contributed by atoms with Crippen LogP contribution in [0.1, 0.15) is 16.8 Å². The van der Waals surface area contributed by atoms with Gasteiger partial charge in [0.25, 0.3) is 0 Å². The number of carbonyl (C=O) groups excluding carboxylic acids is 1. The van der Waals surface area contributed by atoms with Gasteiger partial charge in [-0.05, 0) is 36.1 Å². The summed E-state index contributed by atoms with van der Waals surface area (Å²) in [6.07, 6.45) is 2.69. The smallest absolute Gasteiger partial charge is 0.234 e. The first-order valence-corrected chi connectivity index (χ1v) is 11.6. The molecule has 8 heteroatoms. The van der Waals surface area contributed by atoms with E-state index in [0.717, 1.165) is 11.3 Å². The molecule has 1 amide bonds. The molecule has 1 aliphatic heterocycles. The van der Waals surface area contributed by atoms with Gasteiger partial charge in [0.15, 0.2) is 5.43 Å². The fourth-order valence-corrected chi connectivity index (χ4v) is 4.53. The molecule has 0 bridgehead atoms. The summed E-state index contributed by atoms with van der Waals surface area (Å²) in [5.74, 6) is 0.529. The van der Waals surface area contributed by atoms with Crippen molar-refractivity contribution in [1.82, 2.24) is 15.2 Å². The van der Waals surface area contributed by atoms with Crippen molar-refractivity contribution in [3.63, 3.8) is 0 Å². The second-order valence-electron chi connectivity index (χ2n) is 7.50. The lowest BCUT2D eigenvalue weighted by molar-refractivity contribution is -0.122. The van der Waals surface area contributed by atoms with E-state index in [-0.39, 0.29) is 17.9 Å². The Hall–Kier alpha value is -2.48. The minimum atomic E-state index is -0.105. The maximum absolute atomic E-state index is 13.2. The number of hydrogen-bond donors (Lipinski definition) is 2. The number of aromatic nitrogens is 1. The van der Waals surface area contributed by atoms with Crippen LogP contribution < -0.4 is 15.5 Å². The minimum absolute atomic E-state index is 0.0608. The first-order valence-electron chi connectivity index (χ1n) is 10.0. The Morgan fingerprint density at radius 1 is 1.26 bits per heavy atom. The topological polar surface area (TPSA) is 74.4 Å². The number of H-pyrrole nitrogens is 1. The van der Waals surface area contributed by atoms with Gasteiger partial charge in [0.05, 0.1) is 29.6 Å². The minimum Gasteiger partial charge on any atom is -0.495 e. The van der Waals surface area contributed by atoms with Crippen LogP contribution in [0.3, 0.4) is 0 Å². The van der Waals surface area contributed by atoms with E-state index in [2.05, 4.69) is 10.3 Å². The lowest BCUT2D eigenvalue weighted by atomic mass is 10.0. The van der Waals surface area contributed by atoms with Gasteiger partial charge in [-0.25, -0.2) is 0 Å². The van der Waals surface area contributed by atoms with Crippen LogP contribution in [-0.4, -0.2) is 42.2 Å². The van der Waals surface area contributed by atoms with Crippen LogP contribution in [0.25, 0.3) is 10.9 Å². The number of nitrogens with zero attached hydrogens (tertiary/aromatic N) is 1. The first kappa shape index (κ1) is 21.7. The molecule has 1 aliphatic rings. The standard InChI is InChI=1S/C23H24ClN3O3S/c1-30-19-8-7-17(24)21-22(19)26-18-9-10-27(12-16(18)23(21)29)13-20(28)25-11-14-3-5-15(31-2)6-4-14/h3-8H,9-13H2,1-2H3,(H,25,28)(H,26,29). The number of amides is 1. The average molecular weight is 458 g/mol. The zero-order valence-corrected chi connectivity index (χ0v) is 19.0. The normalized spacial score (nSPS) is 13.8. The lowest BCUT2D eigenvalue weighted by Gasteiger charge is -2.28. The molecule has 0 spiro atoms. The molecule has 2 N–H and O–H groups in total. The Kier molecular flexibility index (Phi) is 6.55. The van der Waals surface area contributed by atoms with Crippen molar-refractivity contribution in [2.75, 3.05) is 26.5 Å². The van der Waals surface area contributed by atoms with Crippen molar-refractivity contribution in [1.29, 1.82) is 0 Å². The second-order valence-corrected chi connectivity index (χ2v) is 8.78. The van der Waals surface area contributed by atoms with Crippen molar-refractivity contribution in [3.05, 3.63) is 68.5 Å². The molecule has 1 aromatic heterocycles. The summed E-state index contributed by atoms with van der Waals surface area (Å²) in [5.41, 5.74) is 3.11. The fourth-order valence-electron chi connectivity index (χ4n) is 3.88. The van der Waals surface area contributed by atoms with E-state index in [4.69, 9.17) is 16.3 Å². The Morgan fingerprint density at radius 2 is 2.03 bits per heavy atom. The van der Waals surface area contributed by atoms with Crippen LogP contribution in [0, 0.1) is 0 Å². The third-order valence-electron chi connectivity index (χ3n) is 5.55. The highest BCUT2D eigenvalue weighted by atomic mass is 35.5. The molecule has 2 aromatic carbocycles. The highest BCUT2D eigenvalue weighted by molar-refractivity contribution is 7.98. The van der Waals surface area contributed by atoms with Crippen LogP contribution in [-0.2, 0) is 24.3 Å². The van der Waals surface area contributed by atoms with Gasteiger partial charge in [-0.3, -0.25) is 14.5 Å². The van der Waals surface area contributed by atoms with Crippen molar-refractivity contribution < 1.29 is 9.53 Å². The van der Waals surface area contributed by atoms with E-state index in [0.29, 0.717) is 53.3 Å². The van der Waals surface area contributed by atoms with E-state index in [1.165, 1.54) is 4.90 Å². The molecule has 0 aliphatic carbocycles. The van der Waals surface area contributed by atoms with E-state index in [1.807, 2.05) is 35.4 Å². The number of rotatable bonds is 6. The number of halogens is 1. The molecule has 0 atom stereocenters. The number of hydrogen-bond acceptors (Lipinski definition) is 5. The summed E-state index contributed by atoms with van der Waals surface area (Å²) >= 11 is 8.01. The van der Waals surface area contributed by atoms with Crippen molar-refractivity contribution in [3.8, 4) is 5.75 Å². The molecule has 6 nitrogen and oxygen atoms in total. The molecule has 0 fully saturated rings. The van der Waals surface area contributed by atoms with Crippen LogP contribution in [0.2, 0.25) is 5.02 Å². The monoisotopic (exact) mass is 457 g/mol. The molecule has 4 rings (SSSR count). The van der Waals surface area contributed by atoms with E-state index < -0.39 is 0 Å². The number of pyridine rings is 1. The van der Waals surface area contributed by atoms with Gasteiger partial charge in [-0.1, -0.05) is 23.7 Å². The number of methoxy groups -OCH3 is 1. The maximum Gasteiger partial charge on any atom is 0.234 e. The molecule has 3 aromatic rings. The predicted molar refractivity (Wildman–Crippen MR) is 125 cm³/mol. The highest BCUT2D eigenvalue weighted by Gasteiger charge is 2.24. The predicted octanol–water partition coefficient (Wildman–Crippen LogP) is 3.59. The van der Waals surface area contributed by atoms with Gasteiger partial charge >= 0.3 is 0 Å². The lowest BCUT2D eigenvalue weighted by Crippen LogP contribution is -2.41. The second kappa shape index (κ2) is 9.34. The van der Waals surface area contributed by atoms with Gasteiger partial charge in [0, 0.05) is 42.2 Å². The van der Waals surface area contributed by atoms with Crippen LogP contribution in [0.5, 0.6) is 5.75 Å². The fraction of sp³-hybridized carbons (Fsp3) is 0.304. The number of carbonyl (C=O) groups is 1. The zero-order chi connectivity index (χ0) is 22.0. The SMILES string of the molecule is COc1ccc(Cl)c2c(=O)c3c([nH]c12)CCN(CC(=O)NCc1ccc(SC)cc1)C3. The summed E-state index contributed by atoms with van der Waals surface area (Å²) in [4.78, 5) is 32.2. The number of aromatic amines is 1. The van der Waals surface area contributed by atoms with E-state index in [1.54, 1.807) is 31.0 Å².